The molecule has 0 saturated carbocycles. The van der Waals surface area contributed by atoms with Crippen molar-refractivity contribution in [2.24, 2.45) is 0 Å². The Balaban J connectivity index is 1.64. The highest BCUT2D eigenvalue weighted by Crippen LogP contribution is 2.12. The first kappa shape index (κ1) is 15.3. The molecule has 2 aromatic rings. The molecule has 2 N–H and O–H groups in total. The fourth-order valence-corrected chi connectivity index (χ4v) is 2.35. The van der Waals surface area contributed by atoms with E-state index in [0.717, 1.165) is 18.1 Å². The van der Waals surface area contributed by atoms with Gasteiger partial charge in [-0.05, 0) is 19.1 Å². The highest BCUT2D eigenvalue weighted by molar-refractivity contribution is 5.95. The number of carbonyl (C=O) groups excluding carboxylic acids is 1. The van der Waals surface area contributed by atoms with E-state index in [-0.39, 0.29) is 5.91 Å². The lowest BCUT2D eigenvalue weighted by atomic mass is 10.2. The highest BCUT2D eigenvalue weighted by Gasteiger charge is 2.26. The Bertz CT molecular complexity index is 675. The number of piperazine rings is 1. The van der Waals surface area contributed by atoms with Crippen molar-refractivity contribution in [1.82, 2.24) is 20.3 Å². The zero-order valence-electron chi connectivity index (χ0n) is 12.7. The van der Waals surface area contributed by atoms with Crippen LogP contribution in [0.5, 0.6) is 0 Å². The summed E-state index contributed by atoms with van der Waals surface area (Å²) in [4.78, 5) is 26.3. The molecule has 1 aliphatic heterocycles. The number of hydrogen-bond acceptors (Lipinski definition) is 6. The highest BCUT2D eigenvalue weighted by atomic mass is 19.1. The quantitative estimate of drug-likeness (QED) is 0.869. The molecule has 8 heteroatoms. The van der Waals surface area contributed by atoms with E-state index in [1.165, 1.54) is 0 Å². The summed E-state index contributed by atoms with van der Waals surface area (Å²) in [5.74, 6) is -0.213. The Morgan fingerprint density at radius 1 is 1.30 bits per heavy atom. The van der Waals surface area contributed by atoms with Gasteiger partial charge in [-0.3, -0.25) is 9.78 Å². The molecule has 7 nitrogen and oxygen atoms in total. The first-order valence-electron chi connectivity index (χ1n) is 7.31. The number of rotatable bonds is 3. The Morgan fingerprint density at radius 2 is 2.09 bits per heavy atom. The fraction of sp³-hybridized carbons (Fsp3) is 0.333. The van der Waals surface area contributed by atoms with Gasteiger partial charge < -0.3 is 15.5 Å². The van der Waals surface area contributed by atoms with Crippen LogP contribution in [0.2, 0.25) is 0 Å². The first-order chi connectivity index (χ1) is 11.1. The summed E-state index contributed by atoms with van der Waals surface area (Å²) in [5, 5.41) is 5.99. The van der Waals surface area contributed by atoms with Crippen LogP contribution < -0.4 is 15.5 Å². The van der Waals surface area contributed by atoms with Gasteiger partial charge in [0.1, 0.15) is 6.04 Å². The molecule has 0 aromatic carbocycles. The maximum Gasteiger partial charge on any atom is 0.243 e. The standard InChI is InChI=1S/C15H17FN6O/c1-10-2-3-12(8-18-10)21-14(23)13-9-22(5-4-17-13)15-19-6-11(16)7-20-15/h2-3,6-8,13,17H,4-5,9H2,1H3,(H,21,23). The summed E-state index contributed by atoms with van der Waals surface area (Å²) in [6.07, 6.45) is 3.87. The van der Waals surface area contributed by atoms with E-state index in [9.17, 15) is 9.18 Å². The minimum Gasteiger partial charge on any atom is -0.337 e. The van der Waals surface area contributed by atoms with E-state index >= 15 is 0 Å². The van der Waals surface area contributed by atoms with Crippen molar-refractivity contribution in [2.45, 2.75) is 13.0 Å². The number of nitrogens with one attached hydrogen (secondary N) is 2. The van der Waals surface area contributed by atoms with Crippen molar-refractivity contribution in [1.29, 1.82) is 0 Å². The van der Waals surface area contributed by atoms with E-state index < -0.39 is 11.9 Å². The van der Waals surface area contributed by atoms with Gasteiger partial charge in [-0.2, -0.15) is 0 Å². The maximum absolute atomic E-state index is 12.9. The third-order valence-corrected chi connectivity index (χ3v) is 3.56. The summed E-state index contributed by atoms with van der Waals surface area (Å²) in [5.41, 5.74) is 1.54. The van der Waals surface area contributed by atoms with E-state index in [1.54, 1.807) is 6.20 Å². The molecule has 1 saturated heterocycles. The molecular weight excluding hydrogens is 299 g/mol. The molecule has 0 bridgehead atoms. The Labute approximate surface area is 133 Å². The van der Waals surface area contributed by atoms with Crippen molar-refractivity contribution in [3.8, 4) is 0 Å². The largest absolute Gasteiger partial charge is 0.337 e. The molecule has 2 aromatic heterocycles. The number of aryl methyl sites for hydroxylation is 1. The lowest BCUT2D eigenvalue weighted by Crippen LogP contribution is -2.56. The van der Waals surface area contributed by atoms with Crippen molar-refractivity contribution in [2.75, 3.05) is 29.9 Å². The van der Waals surface area contributed by atoms with Gasteiger partial charge in [0, 0.05) is 25.3 Å². The van der Waals surface area contributed by atoms with Crippen LogP contribution in [0.25, 0.3) is 0 Å². The van der Waals surface area contributed by atoms with Gasteiger partial charge in [-0.1, -0.05) is 0 Å². The van der Waals surface area contributed by atoms with Crippen LogP contribution in [0.4, 0.5) is 16.0 Å². The van der Waals surface area contributed by atoms with Crippen LogP contribution in [0.15, 0.2) is 30.7 Å². The van der Waals surface area contributed by atoms with Crippen LogP contribution >= 0.6 is 0 Å². The van der Waals surface area contributed by atoms with E-state index in [1.807, 2.05) is 24.0 Å². The summed E-state index contributed by atoms with van der Waals surface area (Å²) >= 11 is 0. The Kier molecular flexibility index (Phi) is 4.42. The molecule has 1 unspecified atom stereocenters. The van der Waals surface area contributed by atoms with Crippen molar-refractivity contribution in [3.05, 3.63) is 42.2 Å². The molecule has 1 fully saturated rings. The lowest BCUT2D eigenvalue weighted by Gasteiger charge is -2.32. The second-order valence-electron chi connectivity index (χ2n) is 5.33. The molecule has 1 amide bonds. The molecule has 0 spiro atoms. The van der Waals surface area contributed by atoms with Gasteiger partial charge in [0.15, 0.2) is 5.82 Å². The predicted molar refractivity (Wildman–Crippen MR) is 83.6 cm³/mol. The monoisotopic (exact) mass is 316 g/mol. The average molecular weight is 316 g/mol. The number of anilines is 2. The van der Waals surface area contributed by atoms with Gasteiger partial charge in [0.2, 0.25) is 11.9 Å². The van der Waals surface area contributed by atoms with Crippen LogP contribution in [0, 0.1) is 12.7 Å². The Hall–Kier alpha value is -2.61. The lowest BCUT2D eigenvalue weighted by molar-refractivity contribution is -0.118. The fourth-order valence-electron chi connectivity index (χ4n) is 2.35. The number of hydrogen-bond donors (Lipinski definition) is 2. The zero-order valence-corrected chi connectivity index (χ0v) is 12.7. The number of nitrogens with zero attached hydrogens (tertiary/aromatic N) is 4. The molecule has 3 rings (SSSR count). The summed E-state index contributed by atoms with van der Waals surface area (Å²) in [6.45, 7) is 3.57. The number of halogens is 1. The number of amides is 1. The molecule has 1 atom stereocenters. The summed E-state index contributed by atoms with van der Waals surface area (Å²) in [6, 6.07) is 3.24. The smallest absolute Gasteiger partial charge is 0.243 e. The van der Waals surface area contributed by atoms with E-state index in [2.05, 4.69) is 25.6 Å². The van der Waals surface area contributed by atoms with Gasteiger partial charge >= 0.3 is 0 Å². The third kappa shape index (κ3) is 3.78. The molecular formula is C15H17FN6O. The van der Waals surface area contributed by atoms with Crippen molar-refractivity contribution >= 4 is 17.5 Å². The van der Waals surface area contributed by atoms with Crippen LogP contribution in [-0.4, -0.2) is 46.5 Å². The van der Waals surface area contributed by atoms with Crippen LogP contribution in [0.3, 0.4) is 0 Å². The average Bonchev–Trinajstić information content (AvgIpc) is 2.58. The number of aromatic nitrogens is 3. The first-order valence-corrected chi connectivity index (χ1v) is 7.31. The normalized spacial score (nSPS) is 17.8. The van der Waals surface area contributed by atoms with Crippen molar-refractivity contribution < 1.29 is 9.18 Å². The predicted octanol–water partition coefficient (Wildman–Crippen LogP) is 0.736. The topological polar surface area (TPSA) is 83.0 Å². The van der Waals surface area contributed by atoms with Crippen LogP contribution in [-0.2, 0) is 4.79 Å². The minimum absolute atomic E-state index is 0.150. The third-order valence-electron chi connectivity index (χ3n) is 3.56. The molecule has 3 heterocycles. The van der Waals surface area contributed by atoms with E-state index in [0.29, 0.717) is 31.3 Å². The zero-order chi connectivity index (χ0) is 16.2. The Morgan fingerprint density at radius 3 is 2.78 bits per heavy atom. The van der Waals surface area contributed by atoms with Crippen LogP contribution in [0.1, 0.15) is 5.69 Å². The summed E-state index contributed by atoms with van der Waals surface area (Å²) < 4.78 is 12.9. The van der Waals surface area contributed by atoms with Gasteiger partial charge in [0.05, 0.1) is 24.3 Å². The van der Waals surface area contributed by atoms with Gasteiger partial charge in [-0.15, -0.1) is 0 Å². The summed E-state index contributed by atoms with van der Waals surface area (Å²) in [7, 11) is 0. The van der Waals surface area contributed by atoms with Crippen molar-refractivity contribution in [3.63, 3.8) is 0 Å². The number of pyridine rings is 1. The van der Waals surface area contributed by atoms with Gasteiger partial charge in [-0.25, -0.2) is 14.4 Å². The molecule has 1 aliphatic rings. The maximum atomic E-state index is 12.9. The minimum atomic E-state index is -0.481. The molecule has 0 radical (unpaired) electrons. The molecule has 23 heavy (non-hydrogen) atoms. The second kappa shape index (κ2) is 6.66. The van der Waals surface area contributed by atoms with E-state index in [4.69, 9.17) is 0 Å². The SMILES string of the molecule is Cc1ccc(NC(=O)C2CN(c3ncc(F)cn3)CCN2)cn1. The van der Waals surface area contributed by atoms with Gasteiger partial charge in [0.25, 0.3) is 0 Å². The number of carbonyl (C=O) groups is 1. The molecule has 120 valence electrons. The molecule has 0 aliphatic carbocycles. The second-order valence-corrected chi connectivity index (χ2v) is 5.33.